The molecule has 0 aliphatic rings. The van der Waals surface area contributed by atoms with Crippen LogP contribution in [0, 0.1) is 0 Å². The maximum Gasteiger partial charge on any atom is 0.184 e. The molecule has 0 saturated carbocycles. The van der Waals surface area contributed by atoms with E-state index in [1.54, 1.807) is 26.5 Å². The molecule has 0 aliphatic carbocycles. The zero-order valence-corrected chi connectivity index (χ0v) is 10.8. The Hall–Kier alpha value is -1.33. The monoisotopic (exact) mass is 240 g/mol. The molecule has 0 amide bonds. The molecule has 1 rings (SSSR count). The zero-order valence-electron chi connectivity index (χ0n) is 10.8. The van der Waals surface area contributed by atoms with Crippen molar-refractivity contribution in [2.75, 3.05) is 20.8 Å². The minimum Gasteiger partial charge on any atom is -0.493 e. The highest BCUT2D eigenvalue weighted by Gasteiger charge is 2.14. The fourth-order valence-electron chi connectivity index (χ4n) is 1.36. The lowest BCUT2D eigenvalue weighted by molar-refractivity contribution is 0.0812. The molecule has 0 aliphatic heterocycles. The van der Waals surface area contributed by atoms with Crippen LogP contribution in [-0.4, -0.2) is 31.3 Å². The Morgan fingerprint density at radius 2 is 2.00 bits per heavy atom. The summed E-state index contributed by atoms with van der Waals surface area (Å²) < 4.78 is 15.9. The first-order valence-corrected chi connectivity index (χ1v) is 5.40. The Balaban J connectivity index is 2.70. The smallest absolute Gasteiger partial charge is 0.184 e. The standard InChI is InChI=1S/C12H20N2O3/c1-12(2,13)8-17-7-9-11(16-4)10(15-3)5-6-14-9/h5-6H,7-8,13H2,1-4H3. The molecule has 0 spiro atoms. The lowest BCUT2D eigenvalue weighted by atomic mass is 10.1. The summed E-state index contributed by atoms with van der Waals surface area (Å²) >= 11 is 0. The van der Waals surface area contributed by atoms with Gasteiger partial charge in [-0.2, -0.15) is 0 Å². The van der Waals surface area contributed by atoms with Gasteiger partial charge >= 0.3 is 0 Å². The Morgan fingerprint density at radius 3 is 2.53 bits per heavy atom. The van der Waals surface area contributed by atoms with Gasteiger partial charge in [0.25, 0.3) is 0 Å². The summed E-state index contributed by atoms with van der Waals surface area (Å²) in [6, 6.07) is 1.75. The number of hydrogen-bond donors (Lipinski definition) is 1. The number of rotatable bonds is 6. The van der Waals surface area contributed by atoms with Crippen LogP contribution in [0.1, 0.15) is 19.5 Å². The highest BCUT2D eigenvalue weighted by molar-refractivity contribution is 5.42. The minimum atomic E-state index is -0.355. The largest absolute Gasteiger partial charge is 0.493 e. The Bertz CT molecular complexity index is 361. The Morgan fingerprint density at radius 1 is 1.29 bits per heavy atom. The fourth-order valence-corrected chi connectivity index (χ4v) is 1.36. The van der Waals surface area contributed by atoms with E-state index in [1.807, 2.05) is 13.8 Å². The summed E-state index contributed by atoms with van der Waals surface area (Å²) in [5, 5.41) is 0. The van der Waals surface area contributed by atoms with Gasteiger partial charge in [-0.15, -0.1) is 0 Å². The van der Waals surface area contributed by atoms with Crippen LogP contribution in [0.2, 0.25) is 0 Å². The third-order valence-corrected chi connectivity index (χ3v) is 2.08. The lowest BCUT2D eigenvalue weighted by Gasteiger charge is -2.18. The Labute approximate surface area is 102 Å². The van der Waals surface area contributed by atoms with E-state index in [9.17, 15) is 0 Å². The van der Waals surface area contributed by atoms with E-state index < -0.39 is 0 Å². The van der Waals surface area contributed by atoms with Crippen molar-refractivity contribution in [3.63, 3.8) is 0 Å². The third-order valence-electron chi connectivity index (χ3n) is 2.08. The van der Waals surface area contributed by atoms with Gasteiger partial charge in [-0.25, -0.2) is 0 Å². The van der Waals surface area contributed by atoms with E-state index in [-0.39, 0.29) is 5.54 Å². The molecule has 1 aromatic heterocycles. The topological polar surface area (TPSA) is 66.6 Å². The van der Waals surface area contributed by atoms with Crippen molar-refractivity contribution in [2.45, 2.75) is 26.0 Å². The lowest BCUT2D eigenvalue weighted by Crippen LogP contribution is -2.37. The van der Waals surface area contributed by atoms with E-state index in [2.05, 4.69) is 4.98 Å². The zero-order chi connectivity index (χ0) is 12.9. The molecule has 1 heterocycles. The van der Waals surface area contributed by atoms with Gasteiger partial charge < -0.3 is 19.9 Å². The van der Waals surface area contributed by atoms with Crippen molar-refractivity contribution in [2.24, 2.45) is 5.73 Å². The van der Waals surface area contributed by atoms with Crippen molar-refractivity contribution >= 4 is 0 Å². The number of pyridine rings is 1. The quantitative estimate of drug-likeness (QED) is 0.813. The van der Waals surface area contributed by atoms with Crippen molar-refractivity contribution < 1.29 is 14.2 Å². The molecule has 0 radical (unpaired) electrons. The van der Waals surface area contributed by atoms with Gasteiger partial charge in [0.2, 0.25) is 0 Å². The fraction of sp³-hybridized carbons (Fsp3) is 0.583. The number of methoxy groups -OCH3 is 2. The van der Waals surface area contributed by atoms with E-state index in [4.69, 9.17) is 19.9 Å². The molecule has 17 heavy (non-hydrogen) atoms. The number of nitrogens with two attached hydrogens (primary N) is 1. The molecule has 0 aromatic carbocycles. The van der Waals surface area contributed by atoms with Crippen LogP contribution >= 0.6 is 0 Å². The number of nitrogens with zero attached hydrogens (tertiary/aromatic N) is 1. The predicted molar refractivity (Wildman–Crippen MR) is 65.3 cm³/mol. The summed E-state index contributed by atoms with van der Waals surface area (Å²) in [6.45, 7) is 4.61. The van der Waals surface area contributed by atoms with Crippen molar-refractivity contribution in [1.29, 1.82) is 0 Å². The molecule has 2 N–H and O–H groups in total. The van der Waals surface area contributed by atoms with Gasteiger partial charge in [-0.05, 0) is 13.8 Å². The number of aromatic nitrogens is 1. The highest BCUT2D eigenvalue weighted by Crippen LogP contribution is 2.29. The van der Waals surface area contributed by atoms with Crippen LogP contribution in [0.3, 0.4) is 0 Å². The van der Waals surface area contributed by atoms with Crippen LogP contribution in [0.5, 0.6) is 11.5 Å². The molecule has 0 fully saturated rings. The van der Waals surface area contributed by atoms with Gasteiger partial charge in [0, 0.05) is 17.8 Å². The summed E-state index contributed by atoms with van der Waals surface area (Å²) in [5.41, 5.74) is 6.17. The first kappa shape index (κ1) is 13.7. The number of hydrogen-bond acceptors (Lipinski definition) is 5. The van der Waals surface area contributed by atoms with Crippen molar-refractivity contribution in [1.82, 2.24) is 4.98 Å². The van der Waals surface area contributed by atoms with E-state index in [1.165, 1.54) is 0 Å². The van der Waals surface area contributed by atoms with Crippen molar-refractivity contribution in [3.05, 3.63) is 18.0 Å². The van der Waals surface area contributed by atoms with E-state index >= 15 is 0 Å². The van der Waals surface area contributed by atoms with Crippen LogP contribution in [-0.2, 0) is 11.3 Å². The molecule has 0 atom stereocenters. The van der Waals surface area contributed by atoms with E-state index in [0.717, 1.165) is 0 Å². The van der Waals surface area contributed by atoms with Crippen LogP contribution < -0.4 is 15.2 Å². The minimum absolute atomic E-state index is 0.348. The van der Waals surface area contributed by atoms with Crippen LogP contribution in [0.25, 0.3) is 0 Å². The molecule has 0 unspecified atom stereocenters. The SMILES string of the molecule is COc1ccnc(COCC(C)(C)N)c1OC. The normalized spacial score (nSPS) is 11.4. The molecule has 1 aromatic rings. The van der Waals surface area contributed by atoms with E-state index in [0.29, 0.717) is 30.4 Å². The van der Waals surface area contributed by atoms with Gasteiger partial charge in [-0.1, -0.05) is 0 Å². The predicted octanol–water partition coefficient (Wildman–Crippen LogP) is 1.35. The summed E-state index contributed by atoms with van der Waals surface area (Å²) in [6.07, 6.45) is 1.66. The second kappa shape index (κ2) is 5.84. The van der Waals surface area contributed by atoms with Crippen molar-refractivity contribution in [3.8, 4) is 11.5 Å². The Kier molecular flexibility index (Phi) is 4.72. The average Bonchev–Trinajstić information content (AvgIpc) is 2.27. The molecular weight excluding hydrogens is 220 g/mol. The molecule has 0 bridgehead atoms. The van der Waals surface area contributed by atoms with Crippen LogP contribution in [0.15, 0.2) is 12.3 Å². The highest BCUT2D eigenvalue weighted by atomic mass is 16.5. The molecule has 96 valence electrons. The summed E-state index contributed by atoms with van der Waals surface area (Å²) in [5.74, 6) is 1.25. The third kappa shape index (κ3) is 4.20. The maximum absolute atomic E-state index is 5.82. The second-order valence-electron chi connectivity index (χ2n) is 4.47. The molecule has 5 heteroatoms. The maximum atomic E-state index is 5.82. The second-order valence-corrected chi connectivity index (χ2v) is 4.47. The summed E-state index contributed by atoms with van der Waals surface area (Å²) in [7, 11) is 3.17. The molecule has 5 nitrogen and oxygen atoms in total. The van der Waals surface area contributed by atoms with Crippen LogP contribution in [0.4, 0.5) is 0 Å². The van der Waals surface area contributed by atoms with Gasteiger partial charge in [0.05, 0.1) is 27.4 Å². The van der Waals surface area contributed by atoms with Gasteiger partial charge in [0.15, 0.2) is 11.5 Å². The van der Waals surface area contributed by atoms with Gasteiger partial charge in [0.1, 0.15) is 5.69 Å². The first-order chi connectivity index (χ1) is 7.98. The molecular formula is C12H20N2O3. The van der Waals surface area contributed by atoms with Gasteiger partial charge in [-0.3, -0.25) is 4.98 Å². The number of ether oxygens (including phenoxy) is 3. The first-order valence-electron chi connectivity index (χ1n) is 5.40. The average molecular weight is 240 g/mol. The molecule has 0 saturated heterocycles. The summed E-state index contributed by atoms with van der Waals surface area (Å²) in [4.78, 5) is 4.21.